The van der Waals surface area contributed by atoms with Gasteiger partial charge in [0.15, 0.2) is 10.2 Å². The van der Waals surface area contributed by atoms with Crippen LogP contribution in [0.1, 0.15) is 5.56 Å². The van der Waals surface area contributed by atoms with Crippen molar-refractivity contribution in [3.63, 3.8) is 0 Å². The number of aromatic nitrogens is 2. The molecule has 0 aliphatic rings. The lowest BCUT2D eigenvalue weighted by molar-refractivity contribution is -0.118. The third-order valence-corrected chi connectivity index (χ3v) is 5.25. The Morgan fingerprint density at radius 2 is 1.92 bits per heavy atom. The second-order valence-electron chi connectivity index (χ2n) is 5.16. The third-order valence-electron chi connectivity index (χ3n) is 3.41. The Bertz CT molecular complexity index is 820. The van der Waals surface area contributed by atoms with Gasteiger partial charge in [0.25, 0.3) is 0 Å². The summed E-state index contributed by atoms with van der Waals surface area (Å²) in [5.41, 5.74) is 2.01. The molecule has 0 aliphatic carbocycles. The van der Waals surface area contributed by atoms with Crippen molar-refractivity contribution in [1.82, 2.24) is 14.7 Å². The zero-order chi connectivity index (χ0) is 17.5. The van der Waals surface area contributed by atoms with Crippen LogP contribution in [0.4, 0.5) is 0 Å². The zero-order valence-corrected chi connectivity index (χ0v) is 15.3. The maximum atomic E-state index is 11.9. The molecule has 0 bridgehead atoms. The minimum absolute atomic E-state index is 0.0185. The van der Waals surface area contributed by atoms with E-state index in [1.54, 1.807) is 7.11 Å². The maximum absolute atomic E-state index is 11.9. The van der Waals surface area contributed by atoms with Crippen LogP contribution in [0, 0.1) is 0 Å². The molecule has 1 N–H and O–H groups in total. The predicted octanol–water partition coefficient (Wildman–Crippen LogP) is 3.62. The Kier molecular flexibility index (Phi) is 6.03. The van der Waals surface area contributed by atoms with Crippen LogP contribution in [0.25, 0.3) is 11.4 Å². The molecule has 0 radical (unpaired) electrons. The first-order chi connectivity index (χ1) is 12.2. The SMILES string of the molecule is COc1ccc(-c2nsc(SCC(=O)NCc3ccccc3)n2)cc1. The van der Waals surface area contributed by atoms with Crippen LogP contribution < -0.4 is 10.1 Å². The fourth-order valence-electron chi connectivity index (χ4n) is 2.10. The molecular weight excluding hydrogens is 354 g/mol. The fraction of sp³-hybridized carbons (Fsp3) is 0.167. The van der Waals surface area contributed by atoms with Gasteiger partial charge < -0.3 is 10.1 Å². The van der Waals surface area contributed by atoms with E-state index in [0.29, 0.717) is 18.1 Å². The molecule has 7 heteroatoms. The van der Waals surface area contributed by atoms with Crippen molar-refractivity contribution in [3.8, 4) is 17.1 Å². The van der Waals surface area contributed by atoms with Crippen molar-refractivity contribution >= 4 is 29.2 Å². The summed E-state index contributed by atoms with van der Waals surface area (Å²) in [6.45, 7) is 0.535. The summed E-state index contributed by atoms with van der Waals surface area (Å²) >= 11 is 2.70. The van der Waals surface area contributed by atoms with Gasteiger partial charge >= 0.3 is 0 Å². The second kappa shape index (κ2) is 8.64. The molecule has 3 rings (SSSR count). The van der Waals surface area contributed by atoms with Crippen molar-refractivity contribution < 1.29 is 9.53 Å². The highest BCUT2D eigenvalue weighted by molar-refractivity contribution is 8.01. The molecule has 0 unspecified atom stereocenters. The number of methoxy groups -OCH3 is 1. The van der Waals surface area contributed by atoms with E-state index in [-0.39, 0.29) is 5.91 Å². The van der Waals surface area contributed by atoms with Crippen LogP contribution in [0.2, 0.25) is 0 Å². The smallest absolute Gasteiger partial charge is 0.230 e. The average Bonchev–Trinajstić information content (AvgIpc) is 3.14. The summed E-state index contributed by atoms with van der Waals surface area (Å²) in [7, 11) is 1.63. The van der Waals surface area contributed by atoms with Crippen LogP contribution in [0.3, 0.4) is 0 Å². The molecular formula is C18H17N3O2S2. The van der Waals surface area contributed by atoms with Crippen LogP contribution in [-0.4, -0.2) is 28.1 Å². The van der Waals surface area contributed by atoms with Crippen LogP contribution in [0.15, 0.2) is 58.9 Å². The molecule has 1 heterocycles. The Hall–Kier alpha value is -2.38. The predicted molar refractivity (Wildman–Crippen MR) is 101 cm³/mol. The molecule has 2 aromatic carbocycles. The van der Waals surface area contributed by atoms with Crippen LogP contribution in [0.5, 0.6) is 5.75 Å². The first-order valence-electron chi connectivity index (χ1n) is 7.66. The molecule has 5 nitrogen and oxygen atoms in total. The highest BCUT2D eigenvalue weighted by atomic mass is 32.2. The Labute approximate surface area is 154 Å². The summed E-state index contributed by atoms with van der Waals surface area (Å²) in [5, 5.41) is 2.90. The van der Waals surface area contributed by atoms with Gasteiger partial charge in [-0.15, -0.1) is 0 Å². The maximum Gasteiger partial charge on any atom is 0.230 e. The summed E-state index contributed by atoms with van der Waals surface area (Å²) in [4.78, 5) is 16.4. The Balaban J connectivity index is 1.50. The summed E-state index contributed by atoms with van der Waals surface area (Å²) in [6, 6.07) is 17.4. The molecule has 0 spiro atoms. The molecule has 0 saturated heterocycles. The normalized spacial score (nSPS) is 10.4. The van der Waals surface area contributed by atoms with Gasteiger partial charge in [0.1, 0.15) is 5.75 Å². The van der Waals surface area contributed by atoms with E-state index < -0.39 is 0 Å². The molecule has 0 aliphatic heterocycles. The van der Waals surface area contributed by atoms with E-state index >= 15 is 0 Å². The Morgan fingerprint density at radius 3 is 2.64 bits per heavy atom. The van der Waals surface area contributed by atoms with Crippen molar-refractivity contribution in [1.29, 1.82) is 0 Å². The number of ether oxygens (including phenoxy) is 1. The first kappa shape index (κ1) is 17.4. The van der Waals surface area contributed by atoms with E-state index in [1.807, 2.05) is 54.6 Å². The summed E-state index contributed by atoms with van der Waals surface area (Å²) in [5.74, 6) is 1.77. The van der Waals surface area contributed by atoms with Gasteiger partial charge in [0, 0.05) is 12.1 Å². The van der Waals surface area contributed by atoms with E-state index in [2.05, 4.69) is 14.7 Å². The highest BCUT2D eigenvalue weighted by Gasteiger charge is 2.09. The van der Waals surface area contributed by atoms with Gasteiger partial charge in [-0.05, 0) is 41.4 Å². The van der Waals surface area contributed by atoms with Crippen LogP contribution >= 0.6 is 23.3 Å². The second-order valence-corrected chi connectivity index (χ2v) is 7.14. The van der Waals surface area contributed by atoms with Crippen molar-refractivity contribution in [3.05, 3.63) is 60.2 Å². The first-order valence-corrected chi connectivity index (χ1v) is 9.42. The van der Waals surface area contributed by atoms with Gasteiger partial charge in [-0.3, -0.25) is 4.79 Å². The number of nitrogens with one attached hydrogen (secondary N) is 1. The van der Waals surface area contributed by atoms with Gasteiger partial charge in [-0.2, -0.15) is 4.37 Å². The lowest BCUT2D eigenvalue weighted by Crippen LogP contribution is -2.24. The monoisotopic (exact) mass is 371 g/mol. The summed E-state index contributed by atoms with van der Waals surface area (Å²) < 4.78 is 10.3. The van der Waals surface area contributed by atoms with E-state index in [0.717, 1.165) is 21.2 Å². The lowest BCUT2D eigenvalue weighted by Gasteiger charge is -2.03. The van der Waals surface area contributed by atoms with Crippen LogP contribution in [-0.2, 0) is 11.3 Å². The topological polar surface area (TPSA) is 64.1 Å². The minimum atomic E-state index is -0.0185. The molecule has 1 aromatic heterocycles. The zero-order valence-electron chi connectivity index (χ0n) is 13.6. The number of rotatable bonds is 7. The molecule has 0 saturated carbocycles. The Morgan fingerprint density at radius 1 is 1.16 bits per heavy atom. The number of hydrogen-bond acceptors (Lipinski definition) is 6. The molecule has 1 amide bonds. The van der Waals surface area contributed by atoms with E-state index in [1.165, 1.54) is 23.3 Å². The lowest BCUT2D eigenvalue weighted by atomic mass is 10.2. The van der Waals surface area contributed by atoms with Gasteiger partial charge in [0.05, 0.1) is 12.9 Å². The molecule has 0 atom stereocenters. The summed E-state index contributed by atoms with van der Waals surface area (Å²) in [6.07, 6.45) is 0. The largest absolute Gasteiger partial charge is 0.497 e. The number of carbonyl (C=O) groups excluding carboxylic acids is 1. The number of nitrogens with zero attached hydrogens (tertiary/aromatic N) is 2. The third kappa shape index (κ3) is 5.04. The number of carbonyl (C=O) groups is 1. The fourth-order valence-corrected chi connectivity index (χ4v) is 3.55. The standard InChI is InChI=1S/C18H17N3O2S2/c1-23-15-9-7-14(8-10-15)17-20-18(25-21-17)24-12-16(22)19-11-13-5-3-2-4-6-13/h2-10H,11-12H2,1H3,(H,19,22). The van der Waals surface area contributed by atoms with Gasteiger partial charge in [-0.25, -0.2) is 4.98 Å². The number of hydrogen-bond donors (Lipinski definition) is 1. The van der Waals surface area contributed by atoms with E-state index in [4.69, 9.17) is 4.74 Å². The van der Waals surface area contributed by atoms with Gasteiger partial charge in [-0.1, -0.05) is 42.1 Å². The van der Waals surface area contributed by atoms with E-state index in [9.17, 15) is 4.79 Å². The van der Waals surface area contributed by atoms with Crippen molar-refractivity contribution in [2.45, 2.75) is 10.9 Å². The average molecular weight is 371 g/mol. The number of amides is 1. The number of thioether (sulfide) groups is 1. The minimum Gasteiger partial charge on any atom is -0.497 e. The molecule has 0 fully saturated rings. The number of benzene rings is 2. The molecule has 128 valence electrons. The quantitative estimate of drug-likeness (QED) is 0.643. The van der Waals surface area contributed by atoms with Crippen molar-refractivity contribution in [2.24, 2.45) is 0 Å². The van der Waals surface area contributed by atoms with Crippen molar-refractivity contribution in [2.75, 3.05) is 12.9 Å². The molecule has 3 aromatic rings. The molecule has 25 heavy (non-hydrogen) atoms. The van der Waals surface area contributed by atoms with Gasteiger partial charge in [0.2, 0.25) is 5.91 Å². The highest BCUT2D eigenvalue weighted by Crippen LogP contribution is 2.26.